The fraction of sp³-hybridized carbons (Fsp3) is 0.667. The number of carbonyl (C=O) groups is 1. The second-order valence-corrected chi connectivity index (χ2v) is 6.83. The van der Waals surface area contributed by atoms with Crippen LogP contribution in [0.3, 0.4) is 0 Å². The van der Waals surface area contributed by atoms with Gasteiger partial charge in [-0.25, -0.2) is 0 Å². The van der Waals surface area contributed by atoms with Gasteiger partial charge >= 0.3 is 0 Å². The summed E-state index contributed by atoms with van der Waals surface area (Å²) in [5, 5.41) is 0. The summed E-state index contributed by atoms with van der Waals surface area (Å²) in [6.45, 7) is 13.5. The third-order valence-electron chi connectivity index (χ3n) is 3.07. The molecule has 0 aromatic carbocycles. The molecule has 0 saturated heterocycles. The van der Waals surface area contributed by atoms with Crippen LogP contribution in [-0.2, 0) is 11.3 Å². The SMILES string of the molecule is CC(C)(C)C(=O)CN(Cc1ccoc1)C(C)(C)C. The van der Waals surface area contributed by atoms with Gasteiger partial charge in [-0.1, -0.05) is 20.8 Å². The maximum absolute atomic E-state index is 12.2. The lowest BCUT2D eigenvalue weighted by atomic mass is 9.89. The molecule has 0 unspecified atom stereocenters. The molecule has 1 rings (SSSR count). The molecule has 3 heteroatoms. The van der Waals surface area contributed by atoms with Crippen molar-refractivity contribution >= 4 is 5.78 Å². The molecule has 3 nitrogen and oxygen atoms in total. The van der Waals surface area contributed by atoms with Gasteiger partial charge in [-0.15, -0.1) is 0 Å². The van der Waals surface area contributed by atoms with Gasteiger partial charge in [-0.2, -0.15) is 0 Å². The average molecular weight is 251 g/mol. The molecule has 0 aliphatic heterocycles. The molecule has 0 amide bonds. The van der Waals surface area contributed by atoms with E-state index in [4.69, 9.17) is 4.42 Å². The van der Waals surface area contributed by atoms with Crippen molar-refractivity contribution < 1.29 is 9.21 Å². The van der Waals surface area contributed by atoms with Gasteiger partial charge < -0.3 is 4.42 Å². The number of carbonyl (C=O) groups excluding carboxylic acids is 1. The predicted molar refractivity (Wildman–Crippen MR) is 73.3 cm³/mol. The molecule has 102 valence electrons. The molecule has 0 aliphatic carbocycles. The Morgan fingerprint density at radius 1 is 1.22 bits per heavy atom. The summed E-state index contributed by atoms with van der Waals surface area (Å²) in [6.07, 6.45) is 3.40. The fourth-order valence-electron chi connectivity index (χ4n) is 1.54. The Balaban J connectivity index is 2.78. The van der Waals surface area contributed by atoms with Crippen molar-refractivity contribution in [1.82, 2.24) is 4.90 Å². The fourth-order valence-corrected chi connectivity index (χ4v) is 1.54. The van der Waals surface area contributed by atoms with Gasteiger partial charge in [0, 0.05) is 23.1 Å². The number of furan rings is 1. The first-order valence-electron chi connectivity index (χ1n) is 6.40. The van der Waals surface area contributed by atoms with Crippen LogP contribution < -0.4 is 0 Å². The lowest BCUT2D eigenvalue weighted by molar-refractivity contribution is -0.129. The number of nitrogens with zero attached hydrogens (tertiary/aromatic N) is 1. The lowest BCUT2D eigenvalue weighted by Crippen LogP contribution is -2.46. The van der Waals surface area contributed by atoms with Crippen LogP contribution in [0.2, 0.25) is 0 Å². The van der Waals surface area contributed by atoms with Gasteiger partial charge in [-0.3, -0.25) is 9.69 Å². The number of ketones is 1. The van der Waals surface area contributed by atoms with Gasteiger partial charge in [0.15, 0.2) is 5.78 Å². The molecule has 0 bridgehead atoms. The predicted octanol–water partition coefficient (Wildman–Crippen LogP) is 3.50. The standard InChI is InChI=1S/C15H25NO2/c1-14(2,3)13(17)10-16(15(4,5)6)9-12-7-8-18-11-12/h7-8,11H,9-10H2,1-6H3. The van der Waals surface area contributed by atoms with E-state index in [0.717, 1.165) is 12.1 Å². The minimum absolute atomic E-state index is 0.0435. The Kier molecular flexibility index (Phi) is 4.38. The summed E-state index contributed by atoms with van der Waals surface area (Å²) in [6, 6.07) is 1.94. The molecular formula is C15H25NO2. The largest absolute Gasteiger partial charge is 0.472 e. The third kappa shape index (κ3) is 4.30. The minimum Gasteiger partial charge on any atom is -0.472 e. The molecule has 0 fully saturated rings. The molecule has 1 aromatic rings. The van der Waals surface area contributed by atoms with E-state index in [1.165, 1.54) is 0 Å². The second kappa shape index (κ2) is 5.27. The maximum atomic E-state index is 12.2. The highest BCUT2D eigenvalue weighted by Crippen LogP contribution is 2.21. The van der Waals surface area contributed by atoms with E-state index in [-0.39, 0.29) is 16.7 Å². The van der Waals surface area contributed by atoms with Crippen LogP contribution in [0.1, 0.15) is 47.1 Å². The van der Waals surface area contributed by atoms with E-state index in [0.29, 0.717) is 6.54 Å². The second-order valence-electron chi connectivity index (χ2n) is 6.83. The zero-order chi connectivity index (χ0) is 14.0. The molecular weight excluding hydrogens is 226 g/mol. The first-order valence-corrected chi connectivity index (χ1v) is 6.40. The molecule has 0 aliphatic rings. The molecule has 0 atom stereocenters. The summed E-state index contributed by atoms with van der Waals surface area (Å²) in [7, 11) is 0. The van der Waals surface area contributed by atoms with Crippen LogP contribution in [-0.4, -0.2) is 22.8 Å². The van der Waals surface area contributed by atoms with Crippen LogP contribution in [0, 0.1) is 5.41 Å². The Labute approximate surface area is 110 Å². The lowest BCUT2D eigenvalue weighted by Gasteiger charge is -2.36. The van der Waals surface area contributed by atoms with E-state index in [1.807, 2.05) is 26.8 Å². The van der Waals surface area contributed by atoms with Gasteiger partial charge in [0.2, 0.25) is 0 Å². The Bertz CT molecular complexity index is 380. The number of hydrogen-bond acceptors (Lipinski definition) is 3. The van der Waals surface area contributed by atoms with Gasteiger partial charge in [-0.05, 0) is 26.8 Å². The van der Waals surface area contributed by atoms with Crippen molar-refractivity contribution in [3.63, 3.8) is 0 Å². The highest BCUT2D eigenvalue weighted by atomic mass is 16.3. The van der Waals surface area contributed by atoms with E-state index in [2.05, 4.69) is 25.7 Å². The number of hydrogen-bond donors (Lipinski definition) is 0. The monoisotopic (exact) mass is 251 g/mol. The summed E-state index contributed by atoms with van der Waals surface area (Å²) >= 11 is 0. The van der Waals surface area contributed by atoms with Crippen molar-refractivity contribution in [3.05, 3.63) is 24.2 Å². The molecule has 1 aromatic heterocycles. The highest BCUT2D eigenvalue weighted by molar-refractivity contribution is 5.85. The van der Waals surface area contributed by atoms with Crippen LogP contribution in [0.4, 0.5) is 0 Å². The van der Waals surface area contributed by atoms with Crippen molar-refractivity contribution in [2.24, 2.45) is 5.41 Å². The summed E-state index contributed by atoms with van der Waals surface area (Å²) < 4.78 is 5.09. The van der Waals surface area contributed by atoms with Crippen molar-refractivity contribution in [3.8, 4) is 0 Å². The number of rotatable bonds is 4. The van der Waals surface area contributed by atoms with Crippen LogP contribution in [0.15, 0.2) is 23.0 Å². The molecule has 0 N–H and O–H groups in total. The molecule has 0 radical (unpaired) electrons. The Morgan fingerprint density at radius 2 is 1.83 bits per heavy atom. The summed E-state index contributed by atoms with van der Waals surface area (Å²) in [4.78, 5) is 14.4. The van der Waals surface area contributed by atoms with Crippen LogP contribution in [0.25, 0.3) is 0 Å². The van der Waals surface area contributed by atoms with Crippen molar-refractivity contribution in [2.45, 2.75) is 53.6 Å². The molecule has 0 saturated carbocycles. The van der Waals surface area contributed by atoms with E-state index in [1.54, 1.807) is 12.5 Å². The van der Waals surface area contributed by atoms with E-state index in [9.17, 15) is 4.79 Å². The molecule has 18 heavy (non-hydrogen) atoms. The van der Waals surface area contributed by atoms with Crippen LogP contribution >= 0.6 is 0 Å². The summed E-state index contributed by atoms with van der Waals surface area (Å²) in [5.41, 5.74) is 0.768. The minimum atomic E-state index is -0.292. The number of Topliss-reactive ketones (excluding diaryl/α,β-unsaturated/α-hetero) is 1. The highest BCUT2D eigenvalue weighted by Gasteiger charge is 2.29. The first-order chi connectivity index (χ1) is 8.10. The third-order valence-corrected chi connectivity index (χ3v) is 3.07. The normalized spacial score (nSPS) is 13.1. The Hall–Kier alpha value is -1.09. The van der Waals surface area contributed by atoms with E-state index >= 15 is 0 Å². The quantitative estimate of drug-likeness (QED) is 0.821. The smallest absolute Gasteiger partial charge is 0.152 e. The molecule has 0 spiro atoms. The Morgan fingerprint density at radius 3 is 2.22 bits per heavy atom. The van der Waals surface area contributed by atoms with Crippen molar-refractivity contribution in [2.75, 3.05) is 6.54 Å². The van der Waals surface area contributed by atoms with E-state index < -0.39 is 0 Å². The zero-order valence-electron chi connectivity index (χ0n) is 12.4. The maximum Gasteiger partial charge on any atom is 0.152 e. The topological polar surface area (TPSA) is 33.5 Å². The first kappa shape index (κ1) is 15.0. The molecule has 1 heterocycles. The summed E-state index contributed by atoms with van der Waals surface area (Å²) in [5.74, 6) is 0.265. The van der Waals surface area contributed by atoms with Gasteiger partial charge in [0.25, 0.3) is 0 Å². The van der Waals surface area contributed by atoms with Crippen molar-refractivity contribution in [1.29, 1.82) is 0 Å². The van der Waals surface area contributed by atoms with Gasteiger partial charge in [0.05, 0.1) is 19.1 Å². The van der Waals surface area contributed by atoms with Crippen LogP contribution in [0.5, 0.6) is 0 Å². The zero-order valence-corrected chi connectivity index (χ0v) is 12.4. The average Bonchev–Trinajstić information content (AvgIpc) is 2.66. The van der Waals surface area contributed by atoms with Gasteiger partial charge in [0.1, 0.15) is 0 Å².